The van der Waals surface area contributed by atoms with Gasteiger partial charge in [-0.1, -0.05) is 48.2 Å². The molecule has 2 amide bonds. The van der Waals surface area contributed by atoms with E-state index in [4.69, 9.17) is 4.74 Å². The third-order valence-corrected chi connectivity index (χ3v) is 3.61. The predicted octanol–water partition coefficient (Wildman–Crippen LogP) is 2.86. The standard InChI is InChI=1S/C19H18N2O2/c22-19(20-13-6-9-15-7-2-1-3-8-15)21-17-12-14-23-18-11-5-4-10-16(17)18/h1-5,7-8,10-11,17H,12-14H2,(H2,20,21,22)/t17-/m0/s1. The van der Waals surface area contributed by atoms with Crippen molar-refractivity contribution in [1.29, 1.82) is 0 Å². The maximum absolute atomic E-state index is 12.0. The van der Waals surface area contributed by atoms with E-state index in [9.17, 15) is 4.79 Å². The summed E-state index contributed by atoms with van der Waals surface area (Å²) in [4.78, 5) is 12.0. The number of amides is 2. The van der Waals surface area contributed by atoms with Crippen LogP contribution < -0.4 is 15.4 Å². The molecule has 0 radical (unpaired) electrons. The monoisotopic (exact) mass is 306 g/mol. The first-order valence-corrected chi connectivity index (χ1v) is 7.63. The van der Waals surface area contributed by atoms with Crippen LogP contribution in [0.4, 0.5) is 4.79 Å². The summed E-state index contributed by atoms with van der Waals surface area (Å²) in [5.74, 6) is 6.79. The molecule has 0 fully saturated rings. The Labute approximate surface area is 135 Å². The molecule has 0 saturated heterocycles. The normalized spacial score (nSPS) is 15.4. The molecule has 4 nitrogen and oxygen atoms in total. The van der Waals surface area contributed by atoms with Gasteiger partial charge in [0.25, 0.3) is 0 Å². The summed E-state index contributed by atoms with van der Waals surface area (Å²) in [7, 11) is 0. The molecule has 2 aromatic rings. The van der Waals surface area contributed by atoms with Crippen LogP contribution in [0.2, 0.25) is 0 Å². The van der Waals surface area contributed by atoms with Crippen molar-refractivity contribution in [3.63, 3.8) is 0 Å². The minimum atomic E-state index is -0.214. The van der Waals surface area contributed by atoms with Crippen LogP contribution in [0.1, 0.15) is 23.6 Å². The maximum Gasteiger partial charge on any atom is 0.316 e. The summed E-state index contributed by atoms with van der Waals surface area (Å²) in [6.07, 6.45) is 0.764. The number of hydrogen-bond donors (Lipinski definition) is 2. The lowest BCUT2D eigenvalue weighted by atomic mass is 10.0. The van der Waals surface area contributed by atoms with Gasteiger partial charge in [-0.05, 0) is 18.2 Å². The molecular formula is C19H18N2O2. The van der Waals surface area contributed by atoms with Gasteiger partial charge in [-0.2, -0.15) is 0 Å². The van der Waals surface area contributed by atoms with Crippen molar-refractivity contribution in [3.05, 3.63) is 65.7 Å². The van der Waals surface area contributed by atoms with Crippen molar-refractivity contribution < 1.29 is 9.53 Å². The summed E-state index contributed by atoms with van der Waals surface area (Å²) in [6.45, 7) is 0.918. The molecule has 1 heterocycles. The minimum absolute atomic E-state index is 0.0259. The van der Waals surface area contributed by atoms with Crippen molar-refractivity contribution in [2.75, 3.05) is 13.2 Å². The highest BCUT2D eigenvalue weighted by molar-refractivity contribution is 5.75. The number of carbonyl (C=O) groups is 1. The highest BCUT2D eigenvalue weighted by Crippen LogP contribution is 2.31. The van der Waals surface area contributed by atoms with Gasteiger partial charge in [0.05, 0.1) is 19.2 Å². The Morgan fingerprint density at radius 3 is 2.78 bits per heavy atom. The molecule has 2 N–H and O–H groups in total. The molecule has 0 unspecified atom stereocenters. The number of fused-ring (bicyclic) bond motifs is 1. The van der Waals surface area contributed by atoms with Crippen molar-refractivity contribution in [2.24, 2.45) is 0 Å². The van der Waals surface area contributed by atoms with Crippen LogP contribution in [0.25, 0.3) is 0 Å². The third kappa shape index (κ3) is 4.04. The van der Waals surface area contributed by atoms with Gasteiger partial charge in [0.2, 0.25) is 0 Å². The van der Waals surface area contributed by atoms with E-state index in [0.717, 1.165) is 23.3 Å². The molecule has 0 bridgehead atoms. The number of nitrogens with one attached hydrogen (secondary N) is 2. The lowest BCUT2D eigenvalue weighted by Gasteiger charge is -2.26. The van der Waals surface area contributed by atoms with Gasteiger partial charge in [-0.25, -0.2) is 4.79 Å². The molecule has 3 rings (SSSR count). The molecule has 0 spiro atoms. The molecular weight excluding hydrogens is 288 g/mol. The first-order chi connectivity index (χ1) is 11.3. The second kappa shape index (κ2) is 7.37. The fraction of sp³-hybridized carbons (Fsp3) is 0.211. The zero-order chi connectivity index (χ0) is 15.9. The lowest BCUT2D eigenvalue weighted by molar-refractivity contribution is 0.224. The first-order valence-electron chi connectivity index (χ1n) is 7.63. The molecule has 0 aromatic heterocycles. The first kappa shape index (κ1) is 15.0. The SMILES string of the molecule is O=C(NCC#Cc1ccccc1)N[C@H]1CCOc2ccccc21. The van der Waals surface area contributed by atoms with Gasteiger partial charge in [-0.3, -0.25) is 0 Å². The number of benzene rings is 2. The Bertz CT molecular complexity index is 732. The maximum atomic E-state index is 12.0. The number of para-hydroxylation sites is 1. The van der Waals surface area contributed by atoms with E-state index in [1.807, 2.05) is 54.6 Å². The second-order valence-corrected chi connectivity index (χ2v) is 5.22. The fourth-order valence-corrected chi connectivity index (χ4v) is 2.49. The van der Waals surface area contributed by atoms with E-state index in [1.165, 1.54) is 0 Å². The highest BCUT2D eigenvalue weighted by atomic mass is 16.5. The van der Waals surface area contributed by atoms with Crippen LogP contribution >= 0.6 is 0 Å². The number of ether oxygens (including phenoxy) is 1. The number of rotatable bonds is 2. The van der Waals surface area contributed by atoms with Crippen molar-refractivity contribution in [2.45, 2.75) is 12.5 Å². The Morgan fingerprint density at radius 1 is 1.13 bits per heavy atom. The van der Waals surface area contributed by atoms with Crippen molar-refractivity contribution >= 4 is 6.03 Å². The second-order valence-electron chi connectivity index (χ2n) is 5.22. The number of carbonyl (C=O) groups excluding carboxylic acids is 1. The van der Waals surface area contributed by atoms with Crippen LogP contribution in [0, 0.1) is 11.8 Å². The molecule has 0 saturated carbocycles. The van der Waals surface area contributed by atoms with Gasteiger partial charge >= 0.3 is 6.03 Å². The van der Waals surface area contributed by atoms with Crippen LogP contribution in [-0.4, -0.2) is 19.2 Å². The largest absolute Gasteiger partial charge is 0.493 e. The quantitative estimate of drug-likeness (QED) is 0.838. The molecule has 1 aliphatic rings. The molecule has 1 aliphatic heterocycles. The predicted molar refractivity (Wildman–Crippen MR) is 89.1 cm³/mol. The lowest BCUT2D eigenvalue weighted by Crippen LogP contribution is -2.39. The minimum Gasteiger partial charge on any atom is -0.493 e. The van der Waals surface area contributed by atoms with Gasteiger partial charge in [0, 0.05) is 17.5 Å². The zero-order valence-electron chi connectivity index (χ0n) is 12.7. The summed E-state index contributed by atoms with van der Waals surface area (Å²) in [5, 5.41) is 5.74. The highest BCUT2D eigenvalue weighted by Gasteiger charge is 2.22. The average molecular weight is 306 g/mol. The molecule has 23 heavy (non-hydrogen) atoms. The van der Waals surface area contributed by atoms with Crippen LogP contribution in [0.3, 0.4) is 0 Å². The topological polar surface area (TPSA) is 50.4 Å². The van der Waals surface area contributed by atoms with Crippen LogP contribution in [0.5, 0.6) is 5.75 Å². The van der Waals surface area contributed by atoms with Gasteiger partial charge in [0.15, 0.2) is 0 Å². The average Bonchev–Trinajstić information content (AvgIpc) is 2.60. The molecule has 0 aliphatic carbocycles. The molecule has 116 valence electrons. The van der Waals surface area contributed by atoms with E-state index >= 15 is 0 Å². The Morgan fingerprint density at radius 2 is 1.91 bits per heavy atom. The van der Waals surface area contributed by atoms with E-state index in [2.05, 4.69) is 22.5 Å². The Kier molecular flexibility index (Phi) is 4.80. The van der Waals surface area contributed by atoms with Crippen LogP contribution in [-0.2, 0) is 0 Å². The van der Waals surface area contributed by atoms with Crippen LogP contribution in [0.15, 0.2) is 54.6 Å². The summed E-state index contributed by atoms with van der Waals surface area (Å²) in [6, 6.07) is 17.2. The van der Waals surface area contributed by atoms with Crippen molar-refractivity contribution in [3.8, 4) is 17.6 Å². The Hall–Kier alpha value is -2.93. The van der Waals surface area contributed by atoms with E-state index in [1.54, 1.807) is 0 Å². The van der Waals surface area contributed by atoms with Crippen molar-refractivity contribution in [1.82, 2.24) is 10.6 Å². The van der Waals surface area contributed by atoms with Gasteiger partial charge in [-0.15, -0.1) is 0 Å². The summed E-state index contributed by atoms with van der Waals surface area (Å²) in [5.41, 5.74) is 1.96. The molecule has 4 heteroatoms. The molecule has 2 aromatic carbocycles. The fourth-order valence-electron chi connectivity index (χ4n) is 2.49. The van der Waals surface area contributed by atoms with E-state index < -0.39 is 0 Å². The summed E-state index contributed by atoms with van der Waals surface area (Å²) >= 11 is 0. The third-order valence-electron chi connectivity index (χ3n) is 3.61. The van der Waals surface area contributed by atoms with E-state index in [0.29, 0.717) is 13.2 Å². The smallest absolute Gasteiger partial charge is 0.316 e. The number of urea groups is 1. The molecule has 1 atom stereocenters. The van der Waals surface area contributed by atoms with Gasteiger partial charge < -0.3 is 15.4 Å². The zero-order valence-corrected chi connectivity index (χ0v) is 12.7. The number of hydrogen-bond acceptors (Lipinski definition) is 2. The Balaban J connectivity index is 1.52. The van der Waals surface area contributed by atoms with Gasteiger partial charge in [0.1, 0.15) is 5.75 Å². The summed E-state index contributed by atoms with van der Waals surface area (Å²) < 4.78 is 5.59. The van der Waals surface area contributed by atoms with E-state index in [-0.39, 0.29) is 12.1 Å².